The number of hydrogen-bond donors (Lipinski definition) is 1. The molecule has 0 spiro atoms. The lowest BCUT2D eigenvalue weighted by Crippen LogP contribution is -2.59. The molecular weight excluding hydrogens is 268 g/mol. The first-order chi connectivity index (χ1) is 10.1. The van der Waals surface area contributed by atoms with E-state index in [9.17, 15) is 0 Å². The summed E-state index contributed by atoms with van der Waals surface area (Å²) >= 11 is 0. The highest BCUT2D eigenvalue weighted by Gasteiger charge is 2.54. The van der Waals surface area contributed by atoms with Crippen LogP contribution in [0.5, 0.6) is 0 Å². The lowest BCUT2D eigenvalue weighted by atomic mass is 9.48. The standard InChI is InChI=1S/C20H42N2/c1-9-20(10-2,12-13-22(11-3)16(4)5)17(21)19(8)14-18(6,7)15-19/h16-17H,9-15,21H2,1-8H3. The minimum Gasteiger partial charge on any atom is -0.327 e. The maximum absolute atomic E-state index is 6.92. The summed E-state index contributed by atoms with van der Waals surface area (Å²) in [5.41, 5.74) is 8.05. The van der Waals surface area contributed by atoms with Gasteiger partial charge in [0.2, 0.25) is 0 Å². The number of hydrogen-bond acceptors (Lipinski definition) is 2. The zero-order valence-corrected chi connectivity index (χ0v) is 16.6. The van der Waals surface area contributed by atoms with Gasteiger partial charge in [0.1, 0.15) is 0 Å². The molecule has 0 aromatic carbocycles. The average Bonchev–Trinajstić information content (AvgIpc) is 2.41. The smallest absolute Gasteiger partial charge is 0.0150 e. The van der Waals surface area contributed by atoms with E-state index in [1.54, 1.807) is 0 Å². The maximum atomic E-state index is 6.92. The van der Waals surface area contributed by atoms with E-state index in [-0.39, 0.29) is 0 Å². The van der Waals surface area contributed by atoms with Gasteiger partial charge in [-0.25, -0.2) is 0 Å². The number of rotatable bonds is 9. The topological polar surface area (TPSA) is 29.3 Å². The predicted octanol–water partition coefficient (Wildman–Crippen LogP) is 5.07. The third kappa shape index (κ3) is 4.06. The summed E-state index contributed by atoms with van der Waals surface area (Å²) in [6.07, 6.45) is 6.21. The van der Waals surface area contributed by atoms with Crippen LogP contribution in [-0.4, -0.2) is 30.1 Å². The van der Waals surface area contributed by atoms with Crippen LogP contribution in [0, 0.1) is 16.2 Å². The zero-order chi connectivity index (χ0) is 17.2. The van der Waals surface area contributed by atoms with Crippen LogP contribution < -0.4 is 5.73 Å². The molecule has 1 aliphatic carbocycles. The van der Waals surface area contributed by atoms with Crippen molar-refractivity contribution in [3.8, 4) is 0 Å². The Labute approximate surface area is 140 Å². The van der Waals surface area contributed by atoms with E-state index in [0.29, 0.717) is 28.3 Å². The van der Waals surface area contributed by atoms with Crippen molar-refractivity contribution in [3.63, 3.8) is 0 Å². The summed E-state index contributed by atoms with van der Waals surface area (Å²) in [6.45, 7) is 21.1. The van der Waals surface area contributed by atoms with Gasteiger partial charge >= 0.3 is 0 Å². The molecule has 2 nitrogen and oxygen atoms in total. The highest BCUT2D eigenvalue weighted by atomic mass is 15.1. The van der Waals surface area contributed by atoms with Crippen molar-refractivity contribution in [3.05, 3.63) is 0 Å². The molecule has 0 aliphatic heterocycles. The van der Waals surface area contributed by atoms with E-state index in [4.69, 9.17) is 5.73 Å². The molecule has 1 fully saturated rings. The first-order valence-corrected chi connectivity index (χ1v) is 9.55. The molecule has 0 bridgehead atoms. The number of nitrogens with two attached hydrogens (primary N) is 1. The molecule has 0 amide bonds. The Morgan fingerprint density at radius 3 is 1.86 bits per heavy atom. The normalized spacial score (nSPS) is 22.0. The molecule has 1 rings (SSSR count). The quantitative estimate of drug-likeness (QED) is 0.644. The lowest BCUT2D eigenvalue weighted by Gasteiger charge is -2.59. The molecule has 0 aromatic rings. The molecule has 22 heavy (non-hydrogen) atoms. The fraction of sp³-hybridized carbons (Fsp3) is 1.00. The van der Waals surface area contributed by atoms with E-state index in [1.807, 2.05) is 0 Å². The molecule has 1 saturated carbocycles. The first-order valence-electron chi connectivity index (χ1n) is 9.55. The second-order valence-corrected chi connectivity index (χ2v) is 9.19. The van der Waals surface area contributed by atoms with Crippen LogP contribution in [0.25, 0.3) is 0 Å². The van der Waals surface area contributed by atoms with Gasteiger partial charge in [0.15, 0.2) is 0 Å². The van der Waals surface area contributed by atoms with E-state index in [0.717, 1.165) is 6.54 Å². The average molecular weight is 311 g/mol. The molecule has 2 N–H and O–H groups in total. The van der Waals surface area contributed by atoms with Gasteiger partial charge in [-0.3, -0.25) is 0 Å². The molecule has 0 saturated heterocycles. The van der Waals surface area contributed by atoms with Crippen molar-refractivity contribution >= 4 is 0 Å². The van der Waals surface area contributed by atoms with Crippen LogP contribution >= 0.6 is 0 Å². The molecule has 2 heteroatoms. The van der Waals surface area contributed by atoms with Crippen molar-refractivity contribution in [2.45, 2.75) is 99.6 Å². The van der Waals surface area contributed by atoms with Crippen LogP contribution in [0.1, 0.15) is 87.5 Å². The fourth-order valence-corrected chi connectivity index (χ4v) is 5.44. The van der Waals surface area contributed by atoms with Gasteiger partial charge in [-0.1, -0.05) is 41.5 Å². The third-order valence-electron chi connectivity index (χ3n) is 6.62. The monoisotopic (exact) mass is 310 g/mol. The predicted molar refractivity (Wildman–Crippen MR) is 99.1 cm³/mol. The Hall–Kier alpha value is -0.0800. The lowest BCUT2D eigenvalue weighted by molar-refractivity contribution is -0.0650. The number of nitrogens with zero attached hydrogens (tertiary/aromatic N) is 1. The molecule has 0 aromatic heterocycles. The summed E-state index contributed by atoms with van der Waals surface area (Å²) in [5.74, 6) is 0. The van der Waals surface area contributed by atoms with Crippen molar-refractivity contribution in [2.24, 2.45) is 22.0 Å². The molecule has 1 aliphatic rings. The fourth-order valence-electron chi connectivity index (χ4n) is 5.44. The highest BCUT2D eigenvalue weighted by molar-refractivity contribution is 5.07. The van der Waals surface area contributed by atoms with Crippen LogP contribution in [0.2, 0.25) is 0 Å². The Kier molecular flexibility index (Phi) is 6.55. The van der Waals surface area contributed by atoms with Gasteiger partial charge in [0.05, 0.1) is 0 Å². The summed E-state index contributed by atoms with van der Waals surface area (Å²) in [4.78, 5) is 2.58. The van der Waals surface area contributed by atoms with Gasteiger partial charge in [-0.15, -0.1) is 0 Å². The summed E-state index contributed by atoms with van der Waals surface area (Å²) in [5, 5.41) is 0. The van der Waals surface area contributed by atoms with E-state index in [2.05, 4.69) is 60.3 Å². The Bertz CT molecular complexity index is 334. The van der Waals surface area contributed by atoms with E-state index >= 15 is 0 Å². The minimum absolute atomic E-state index is 0.299. The Balaban J connectivity index is 2.82. The van der Waals surface area contributed by atoms with Gasteiger partial charge in [0, 0.05) is 12.1 Å². The van der Waals surface area contributed by atoms with Crippen molar-refractivity contribution in [2.75, 3.05) is 13.1 Å². The minimum atomic E-state index is 0.299. The molecule has 0 heterocycles. The van der Waals surface area contributed by atoms with E-state index in [1.165, 1.54) is 38.6 Å². The Morgan fingerprint density at radius 1 is 1.05 bits per heavy atom. The molecule has 132 valence electrons. The molecular formula is C20H42N2. The SMILES string of the molecule is CCN(CCC(CC)(CC)C(N)C1(C)CC(C)(C)C1)C(C)C. The van der Waals surface area contributed by atoms with Crippen LogP contribution in [0.3, 0.4) is 0 Å². The largest absolute Gasteiger partial charge is 0.327 e. The summed E-state index contributed by atoms with van der Waals surface area (Å²) in [7, 11) is 0. The van der Waals surface area contributed by atoms with Gasteiger partial charge in [-0.2, -0.15) is 0 Å². The van der Waals surface area contributed by atoms with Crippen molar-refractivity contribution in [1.29, 1.82) is 0 Å². The van der Waals surface area contributed by atoms with Gasteiger partial charge in [-0.05, 0) is 75.3 Å². The van der Waals surface area contributed by atoms with Gasteiger partial charge < -0.3 is 10.6 Å². The van der Waals surface area contributed by atoms with Crippen LogP contribution in [-0.2, 0) is 0 Å². The van der Waals surface area contributed by atoms with Crippen molar-refractivity contribution in [1.82, 2.24) is 4.90 Å². The van der Waals surface area contributed by atoms with Gasteiger partial charge in [0.25, 0.3) is 0 Å². The van der Waals surface area contributed by atoms with E-state index < -0.39 is 0 Å². The highest BCUT2D eigenvalue weighted by Crippen LogP contribution is 2.59. The zero-order valence-electron chi connectivity index (χ0n) is 16.6. The second kappa shape index (κ2) is 7.21. The summed E-state index contributed by atoms with van der Waals surface area (Å²) in [6, 6.07) is 0.958. The second-order valence-electron chi connectivity index (χ2n) is 9.19. The molecule has 0 radical (unpaired) electrons. The molecule has 1 unspecified atom stereocenters. The molecule has 1 atom stereocenters. The first kappa shape index (κ1) is 20.0. The maximum Gasteiger partial charge on any atom is 0.0150 e. The van der Waals surface area contributed by atoms with Crippen LogP contribution in [0.15, 0.2) is 0 Å². The van der Waals surface area contributed by atoms with Crippen LogP contribution in [0.4, 0.5) is 0 Å². The summed E-state index contributed by atoms with van der Waals surface area (Å²) < 4.78 is 0. The third-order valence-corrected chi connectivity index (χ3v) is 6.62. The Morgan fingerprint density at radius 2 is 1.55 bits per heavy atom. The van der Waals surface area contributed by atoms with Crippen molar-refractivity contribution < 1.29 is 0 Å².